The number of allylic oxidation sites excluding steroid dienone is 2. The van der Waals surface area contributed by atoms with Crippen molar-refractivity contribution in [3.05, 3.63) is 24.3 Å². The lowest BCUT2D eigenvalue weighted by molar-refractivity contribution is -0.138. The van der Waals surface area contributed by atoms with Crippen LogP contribution < -0.4 is 0 Å². The highest BCUT2D eigenvalue weighted by Gasteiger charge is 2.23. The largest absolute Gasteiger partial charge is 0.463 e. The number of carbonyl (C=O) groups excluding carboxylic acids is 2. The summed E-state index contributed by atoms with van der Waals surface area (Å²) in [6, 6.07) is 0. The average Bonchev–Trinajstić information content (AvgIpc) is 2.57. The summed E-state index contributed by atoms with van der Waals surface area (Å²) in [6.45, 7) is 7.51. The Labute approximate surface area is 155 Å². The molecule has 0 fully saturated rings. The van der Waals surface area contributed by atoms with Crippen LogP contribution in [0, 0.1) is 5.41 Å². The summed E-state index contributed by atoms with van der Waals surface area (Å²) in [4.78, 5) is 22.7. The first-order valence-electron chi connectivity index (χ1n) is 9.05. The molecule has 0 unspecified atom stereocenters. The molecule has 0 spiro atoms. The van der Waals surface area contributed by atoms with Gasteiger partial charge >= 0.3 is 11.9 Å². The predicted octanol–water partition coefficient (Wildman–Crippen LogP) is 2.87. The lowest BCUT2D eigenvalue weighted by atomic mass is 9.77. The van der Waals surface area contributed by atoms with Crippen molar-refractivity contribution in [2.24, 2.45) is 5.41 Å². The summed E-state index contributed by atoms with van der Waals surface area (Å²) >= 11 is 0. The van der Waals surface area contributed by atoms with Gasteiger partial charge in [-0.2, -0.15) is 0 Å². The molecule has 25 heavy (non-hydrogen) atoms. The molecule has 0 aromatic carbocycles. The van der Waals surface area contributed by atoms with E-state index < -0.39 is 0 Å². The van der Waals surface area contributed by atoms with Crippen molar-refractivity contribution in [1.29, 1.82) is 0 Å². The SMILES string of the molecule is CC=CC(=O)OCCCC(C)(CCCO[SiH3])CCCOC(=O)C=CC. The molecular formula is C19H34O5Si. The van der Waals surface area contributed by atoms with Gasteiger partial charge in [0.1, 0.15) is 10.5 Å². The van der Waals surface area contributed by atoms with Gasteiger partial charge in [0, 0.05) is 18.8 Å². The fraction of sp³-hybridized carbons (Fsp3) is 0.684. The van der Waals surface area contributed by atoms with E-state index in [4.69, 9.17) is 13.9 Å². The van der Waals surface area contributed by atoms with Crippen LogP contribution in [0.3, 0.4) is 0 Å². The number of rotatable bonds is 14. The van der Waals surface area contributed by atoms with Gasteiger partial charge in [-0.3, -0.25) is 0 Å². The zero-order chi connectivity index (χ0) is 19.0. The van der Waals surface area contributed by atoms with Gasteiger partial charge in [0.05, 0.1) is 13.2 Å². The topological polar surface area (TPSA) is 61.8 Å². The number of carbonyl (C=O) groups is 2. The van der Waals surface area contributed by atoms with Gasteiger partial charge in [0.15, 0.2) is 0 Å². The molecule has 0 rings (SSSR count). The van der Waals surface area contributed by atoms with Crippen molar-refractivity contribution >= 4 is 22.4 Å². The Morgan fingerprint density at radius 1 is 0.840 bits per heavy atom. The van der Waals surface area contributed by atoms with Crippen molar-refractivity contribution in [2.75, 3.05) is 19.8 Å². The summed E-state index contributed by atoms with van der Waals surface area (Å²) < 4.78 is 15.6. The number of ether oxygens (including phenoxy) is 2. The van der Waals surface area contributed by atoms with E-state index in [-0.39, 0.29) is 17.4 Å². The van der Waals surface area contributed by atoms with Crippen LogP contribution in [0.5, 0.6) is 0 Å². The van der Waals surface area contributed by atoms with Crippen molar-refractivity contribution in [1.82, 2.24) is 0 Å². The zero-order valence-electron chi connectivity index (χ0n) is 16.2. The van der Waals surface area contributed by atoms with Gasteiger partial charge in [-0.1, -0.05) is 19.1 Å². The minimum absolute atomic E-state index is 0.139. The smallest absolute Gasteiger partial charge is 0.330 e. The standard InChI is InChI=1S/C19H34O5Si/c1-4-9-17(20)22-14-6-11-19(3,13-8-16-24-25)12-7-15-23-18(21)10-5-2/h4-5,9-10H,6-8,11-16H2,1-3,25H3. The third-order valence-electron chi connectivity index (χ3n) is 4.07. The van der Waals surface area contributed by atoms with E-state index in [1.165, 1.54) is 12.2 Å². The van der Waals surface area contributed by atoms with Gasteiger partial charge in [0.25, 0.3) is 0 Å². The van der Waals surface area contributed by atoms with Crippen LogP contribution >= 0.6 is 0 Å². The maximum atomic E-state index is 11.3. The number of hydrogen-bond acceptors (Lipinski definition) is 5. The molecule has 5 nitrogen and oxygen atoms in total. The summed E-state index contributed by atoms with van der Waals surface area (Å²) in [5.74, 6) is -0.575. The summed E-state index contributed by atoms with van der Waals surface area (Å²) in [6.07, 6.45) is 11.9. The molecule has 144 valence electrons. The zero-order valence-corrected chi connectivity index (χ0v) is 18.2. The van der Waals surface area contributed by atoms with E-state index in [1.807, 2.05) is 0 Å². The van der Waals surface area contributed by atoms with E-state index in [9.17, 15) is 9.59 Å². The molecular weight excluding hydrogens is 336 g/mol. The third kappa shape index (κ3) is 13.6. The Balaban J connectivity index is 4.26. The van der Waals surface area contributed by atoms with Gasteiger partial charge in [-0.05, 0) is 57.8 Å². The molecule has 0 heterocycles. The van der Waals surface area contributed by atoms with E-state index >= 15 is 0 Å². The molecule has 0 aromatic heterocycles. The van der Waals surface area contributed by atoms with Crippen LogP contribution in [0.2, 0.25) is 0 Å². The van der Waals surface area contributed by atoms with E-state index in [2.05, 4.69) is 6.92 Å². The lowest BCUT2D eigenvalue weighted by Crippen LogP contribution is -2.20. The first-order valence-corrected chi connectivity index (χ1v) is 9.87. The highest BCUT2D eigenvalue weighted by Crippen LogP contribution is 2.34. The van der Waals surface area contributed by atoms with Crippen molar-refractivity contribution < 1.29 is 23.5 Å². The van der Waals surface area contributed by atoms with Crippen molar-refractivity contribution in [2.45, 2.75) is 59.3 Å². The molecule has 0 aliphatic heterocycles. The Kier molecular flexibility index (Phi) is 14.1. The monoisotopic (exact) mass is 370 g/mol. The molecule has 0 saturated heterocycles. The Hall–Kier alpha value is -1.40. The first kappa shape index (κ1) is 23.6. The summed E-state index contributed by atoms with van der Waals surface area (Å²) in [5.41, 5.74) is 0.139. The van der Waals surface area contributed by atoms with Crippen LogP contribution in [0.1, 0.15) is 59.3 Å². The normalized spacial score (nSPS) is 14.0. The second-order valence-electron chi connectivity index (χ2n) is 6.45. The molecule has 0 radical (unpaired) electrons. The second kappa shape index (κ2) is 14.9. The molecule has 6 heteroatoms. The summed E-state index contributed by atoms with van der Waals surface area (Å²) in [5, 5.41) is 0. The van der Waals surface area contributed by atoms with Crippen molar-refractivity contribution in [3.63, 3.8) is 0 Å². The highest BCUT2D eigenvalue weighted by molar-refractivity contribution is 5.97. The maximum absolute atomic E-state index is 11.3. The Bertz CT molecular complexity index is 400. The predicted molar refractivity (Wildman–Crippen MR) is 103 cm³/mol. The van der Waals surface area contributed by atoms with E-state index in [0.29, 0.717) is 13.2 Å². The lowest BCUT2D eigenvalue weighted by Gasteiger charge is -2.30. The fourth-order valence-corrected chi connectivity index (χ4v) is 3.02. The highest BCUT2D eigenvalue weighted by atomic mass is 28.2. The molecule has 0 aromatic rings. The van der Waals surface area contributed by atoms with Gasteiger partial charge in [-0.15, -0.1) is 0 Å². The first-order chi connectivity index (χ1) is 12.0. The Morgan fingerprint density at radius 3 is 1.60 bits per heavy atom. The molecule has 0 aliphatic carbocycles. The Morgan fingerprint density at radius 2 is 1.24 bits per heavy atom. The molecule has 0 amide bonds. The van der Waals surface area contributed by atoms with Crippen LogP contribution in [-0.2, 0) is 23.5 Å². The van der Waals surface area contributed by atoms with E-state index in [1.54, 1.807) is 26.0 Å². The molecule has 0 atom stereocenters. The molecule has 0 N–H and O–H groups in total. The van der Waals surface area contributed by atoms with E-state index in [0.717, 1.165) is 55.6 Å². The van der Waals surface area contributed by atoms with Gasteiger partial charge < -0.3 is 13.9 Å². The molecule has 0 aliphatic rings. The maximum Gasteiger partial charge on any atom is 0.330 e. The molecule has 0 saturated carbocycles. The van der Waals surface area contributed by atoms with Gasteiger partial charge in [0.2, 0.25) is 0 Å². The van der Waals surface area contributed by atoms with Gasteiger partial charge in [-0.25, -0.2) is 9.59 Å². The minimum atomic E-state index is -0.288. The van der Waals surface area contributed by atoms with Crippen molar-refractivity contribution in [3.8, 4) is 0 Å². The summed E-state index contributed by atoms with van der Waals surface area (Å²) in [7, 11) is 0.765. The van der Waals surface area contributed by atoms with Crippen LogP contribution in [0.15, 0.2) is 24.3 Å². The van der Waals surface area contributed by atoms with Crippen LogP contribution in [0.25, 0.3) is 0 Å². The number of hydrogen-bond donors (Lipinski definition) is 0. The quantitative estimate of drug-likeness (QED) is 0.204. The molecule has 0 bridgehead atoms. The minimum Gasteiger partial charge on any atom is -0.463 e. The van der Waals surface area contributed by atoms with Crippen LogP contribution in [0.4, 0.5) is 0 Å². The fourth-order valence-electron chi connectivity index (χ4n) is 2.73. The third-order valence-corrected chi connectivity index (χ3v) is 4.48. The second-order valence-corrected chi connectivity index (χ2v) is 7.03. The van der Waals surface area contributed by atoms with Crippen LogP contribution in [-0.4, -0.2) is 42.2 Å². The number of esters is 2. The average molecular weight is 371 g/mol.